The number of hydrogen-bond donors (Lipinski definition) is 2. The molecule has 0 aliphatic carbocycles. The van der Waals surface area contributed by atoms with E-state index in [4.69, 9.17) is 0 Å². The maximum atomic E-state index is 11.2. The average Bonchev–Trinajstić information content (AvgIpc) is 2.35. The third kappa shape index (κ3) is 1.95. The molecular weight excluding hydrogens is 172 g/mol. The quantitative estimate of drug-likeness (QED) is 0.656. The van der Waals surface area contributed by atoms with Crippen LogP contribution in [0.1, 0.15) is 19.7 Å². The van der Waals surface area contributed by atoms with Crippen LogP contribution in [-0.4, -0.2) is 20.8 Å². The number of nitrogens with one attached hydrogen (secondary N) is 2. The van der Waals surface area contributed by atoms with E-state index in [0.717, 1.165) is 4.68 Å². The second-order valence-corrected chi connectivity index (χ2v) is 3.04. The first-order valence-corrected chi connectivity index (χ1v) is 3.97. The van der Waals surface area contributed by atoms with Gasteiger partial charge in [-0.15, -0.1) is 0 Å². The topological polar surface area (TPSA) is 79.8 Å². The van der Waals surface area contributed by atoms with Crippen LogP contribution in [0.15, 0.2) is 4.79 Å². The van der Waals surface area contributed by atoms with Crippen LogP contribution in [0.2, 0.25) is 0 Å². The number of aryl methyl sites for hydroxylation is 1. The number of aromatic amines is 1. The number of H-pyrrole nitrogens is 1. The molecule has 0 saturated carbocycles. The lowest BCUT2D eigenvalue weighted by molar-refractivity contribution is -0.119. The largest absolute Gasteiger partial charge is 0.362 e. The summed E-state index contributed by atoms with van der Waals surface area (Å²) in [5, 5.41) is 5.86. The molecule has 6 nitrogen and oxygen atoms in total. The van der Waals surface area contributed by atoms with E-state index in [9.17, 15) is 9.59 Å². The monoisotopic (exact) mass is 184 g/mol. The Morgan fingerprint density at radius 3 is 2.62 bits per heavy atom. The predicted octanol–water partition coefficient (Wildman–Crippen LogP) is -0.394. The molecule has 1 aromatic rings. The molecule has 1 rings (SSSR count). The molecule has 0 fully saturated rings. The van der Waals surface area contributed by atoms with Gasteiger partial charge in [-0.1, -0.05) is 13.8 Å². The van der Waals surface area contributed by atoms with Crippen molar-refractivity contribution in [1.29, 1.82) is 0 Å². The van der Waals surface area contributed by atoms with Crippen molar-refractivity contribution in [1.82, 2.24) is 14.9 Å². The predicted molar refractivity (Wildman–Crippen MR) is 46.8 cm³/mol. The third-order valence-electron chi connectivity index (χ3n) is 1.59. The van der Waals surface area contributed by atoms with Gasteiger partial charge in [-0.3, -0.25) is 10.2 Å². The van der Waals surface area contributed by atoms with Crippen LogP contribution < -0.4 is 11.1 Å². The van der Waals surface area contributed by atoms with E-state index in [1.165, 1.54) is 0 Å². The minimum absolute atomic E-state index is 0.166. The highest BCUT2D eigenvalue weighted by Crippen LogP contribution is 1.92. The van der Waals surface area contributed by atoms with E-state index >= 15 is 0 Å². The SMILES string of the molecule is Cc1n[nH]c(=O)n1NC(=O)C(C)C. The van der Waals surface area contributed by atoms with Gasteiger partial charge in [-0.2, -0.15) is 9.77 Å². The number of hydrogen-bond acceptors (Lipinski definition) is 3. The fourth-order valence-electron chi connectivity index (χ4n) is 0.747. The van der Waals surface area contributed by atoms with E-state index in [-0.39, 0.29) is 11.8 Å². The van der Waals surface area contributed by atoms with Crippen molar-refractivity contribution in [3.63, 3.8) is 0 Å². The van der Waals surface area contributed by atoms with E-state index in [2.05, 4.69) is 15.6 Å². The molecule has 6 heteroatoms. The normalized spacial score (nSPS) is 10.5. The Bertz CT molecular complexity index is 363. The average molecular weight is 184 g/mol. The number of aromatic nitrogens is 3. The van der Waals surface area contributed by atoms with Crippen LogP contribution in [0, 0.1) is 12.8 Å². The molecule has 0 saturated heterocycles. The Balaban J connectivity index is 2.86. The molecule has 1 aromatic heterocycles. The van der Waals surface area contributed by atoms with Gasteiger partial charge in [-0.25, -0.2) is 9.89 Å². The molecule has 1 amide bonds. The Morgan fingerprint density at radius 2 is 2.23 bits per heavy atom. The summed E-state index contributed by atoms with van der Waals surface area (Å²) in [6, 6.07) is 0. The van der Waals surface area contributed by atoms with Gasteiger partial charge in [0, 0.05) is 5.92 Å². The molecular formula is C7H12N4O2. The molecule has 0 bridgehead atoms. The van der Waals surface area contributed by atoms with Crippen molar-refractivity contribution in [2.75, 3.05) is 5.43 Å². The number of nitrogens with zero attached hydrogens (tertiary/aromatic N) is 2. The summed E-state index contributed by atoms with van der Waals surface area (Å²) in [6.07, 6.45) is 0. The number of carbonyl (C=O) groups is 1. The molecule has 0 radical (unpaired) electrons. The van der Waals surface area contributed by atoms with E-state index in [1.807, 2.05) is 0 Å². The Labute approximate surface area is 74.9 Å². The molecule has 0 aliphatic heterocycles. The van der Waals surface area contributed by atoms with Crippen LogP contribution in [0.25, 0.3) is 0 Å². The van der Waals surface area contributed by atoms with Gasteiger partial charge in [0.25, 0.3) is 0 Å². The summed E-state index contributed by atoms with van der Waals surface area (Å²) in [5.41, 5.74) is 1.99. The molecule has 0 atom stereocenters. The lowest BCUT2D eigenvalue weighted by atomic mass is 10.2. The van der Waals surface area contributed by atoms with E-state index in [1.54, 1.807) is 20.8 Å². The lowest BCUT2D eigenvalue weighted by Gasteiger charge is -2.07. The summed E-state index contributed by atoms with van der Waals surface area (Å²) < 4.78 is 1.09. The summed E-state index contributed by atoms with van der Waals surface area (Å²) in [5.74, 6) is 0.0480. The first-order chi connectivity index (χ1) is 6.02. The van der Waals surface area contributed by atoms with Crippen LogP contribution in [0.4, 0.5) is 0 Å². The van der Waals surface area contributed by atoms with Gasteiger partial charge in [0.2, 0.25) is 5.91 Å². The highest BCUT2D eigenvalue weighted by Gasteiger charge is 2.10. The third-order valence-corrected chi connectivity index (χ3v) is 1.59. The van der Waals surface area contributed by atoms with Crippen LogP contribution >= 0.6 is 0 Å². The Kier molecular flexibility index (Phi) is 2.50. The molecule has 0 aliphatic rings. The van der Waals surface area contributed by atoms with Crippen LogP contribution in [-0.2, 0) is 4.79 Å². The van der Waals surface area contributed by atoms with Crippen molar-refractivity contribution in [2.24, 2.45) is 5.92 Å². The summed E-state index contributed by atoms with van der Waals surface area (Å²) in [4.78, 5) is 22.2. The van der Waals surface area contributed by atoms with Crippen LogP contribution in [0.5, 0.6) is 0 Å². The van der Waals surface area contributed by atoms with Gasteiger partial charge in [-0.05, 0) is 6.92 Å². The number of amides is 1. The highest BCUT2D eigenvalue weighted by atomic mass is 16.2. The zero-order valence-electron chi connectivity index (χ0n) is 7.79. The Hall–Kier alpha value is -1.59. The van der Waals surface area contributed by atoms with E-state index < -0.39 is 5.69 Å². The molecule has 0 spiro atoms. The number of carbonyl (C=O) groups excluding carboxylic acids is 1. The lowest BCUT2D eigenvalue weighted by Crippen LogP contribution is -2.34. The summed E-state index contributed by atoms with van der Waals surface area (Å²) in [6.45, 7) is 5.12. The van der Waals surface area contributed by atoms with Crippen LogP contribution in [0.3, 0.4) is 0 Å². The Morgan fingerprint density at radius 1 is 1.62 bits per heavy atom. The van der Waals surface area contributed by atoms with Crippen molar-refractivity contribution in [2.45, 2.75) is 20.8 Å². The van der Waals surface area contributed by atoms with Gasteiger partial charge in [0.05, 0.1) is 0 Å². The number of rotatable bonds is 2. The van der Waals surface area contributed by atoms with Gasteiger partial charge >= 0.3 is 5.69 Å². The zero-order valence-corrected chi connectivity index (χ0v) is 7.79. The molecule has 2 N–H and O–H groups in total. The molecule has 1 heterocycles. The molecule has 72 valence electrons. The second kappa shape index (κ2) is 3.42. The first kappa shape index (κ1) is 9.50. The molecule has 0 unspecified atom stereocenters. The van der Waals surface area contributed by atoms with Gasteiger partial charge in [0.15, 0.2) is 5.82 Å². The van der Waals surface area contributed by atoms with Crippen molar-refractivity contribution >= 4 is 5.91 Å². The first-order valence-electron chi connectivity index (χ1n) is 3.97. The summed E-state index contributed by atoms with van der Waals surface area (Å²) >= 11 is 0. The van der Waals surface area contributed by atoms with Gasteiger partial charge in [0.1, 0.15) is 0 Å². The fraction of sp³-hybridized carbons (Fsp3) is 0.571. The van der Waals surface area contributed by atoms with E-state index in [0.29, 0.717) is 5.82 Å². The smallest absolute Gasteiger partial charge is 0.273 e. The fourth-order valence-corrected chi connectivity index (χ4v) is 0.747. The van der Waals surface area contributed by atoms with Gasteiger partial charge < -0.3 is 0 Å². The summed E-state index contributed by atoms with van der Waals surface area (Å²) in [7, 11) is 0. The van der Waals surface area contributed by atoms with Crippen molar-refractivity contribution in [3.05, 3.63) is 16.3 Å². The minimum atomic E-state index is -0.438. The molecule has 13 heavy (non-hydrogen) atoms. The van der Waals surface area contributed by atoms with Crippen molar-refractivity contribution in [3.8, 4) is 0 Å². The minimum Gasteiger partial charge on any atom is -0.273 e. The molecule has 0 aromatic carbocycles. The zero-order chi connectivity index (χ0) is 10.0. The standard InChI is InChI=1S/C7H12N4O2/c1-4(2)6(12)10-11-5(3)8-9-7(11)13/h4H,1-3H3,(H,9,13)(H,10,12). The highest BCUT2D eigenvalue weighted by molar-refractivity contribution is 5.85. The van der Waals surface area contributed by atoms with Crippen molar-refractivity contribution < 1.29 is 4.79 Å². The maximum absolute atomic E-state index is 11.2. The maximum Gasteiger partial charge on any atom is 0.362 e. The second-order valence-electron chi connectivity index (χ2n) is 3.04.